The molecule has 3 aliphatic rings. The van der Waals surface area contributed by atoms with Crippen LogP contribution in [0.5, 0.6) is 0 Å². The molecule has 2 aliphatic heterocycles. The number of morpholine rings is 1. The predicted molar refractivity (Wildman–Crippen MR) is 135 cm³/mol. The molecule has 2 heterocycles. The van der Waals surface area contributed by atoms with Crippen LogP contribution in [-0.2, 0) is 21.3 Å². The highest BCUT2D eigenvalue weighted by molar-refractivity contribution is 5.79. The van der Waals surface area contributed by atoms with Gasteiger partial charge in [-0.15, -0.1) is 0 Å². The quantitative estimate of drug-likeness (QED) is 0.457. The number of aliphatic hydroxyl groups is 1. The largest absolute Gasteiger partial charge is 0.448 e. The van der Waals surface area contributed by atoms with Crippen LogP contribution in [0.3, 0.4) is 0 Å². The number of hydrogen-bond donors (Lipinski definition) is 1. The van der Waals surface area contributed by atoms with Gasteiger partial charge in [-0.3, -0.25) is 4.90 Å². The maximum absolute atomic E-state index is 13.4. The van der Waals surface area contributed by atoms with E-state index in [1.165, 1.54) is 6.07 Å². The van der Waals surface area contributed by atoms with Gasteiger partial charge in [0.2, 0.25) is 0 Å². The molecule has 0 spiro atoms. The van der Waals surface area contributed by atoms with Gasteiger partial charge in [0, 0.05) is 18.8 Å². The first-order valence-corrected chi connectivity index (χ1v) is 12.8. The second kappa shape index (κ2) is 9.13. The molecule has 3 aromatic rings. The van der Waals surface area contributed by atoms with E-state index in [1.54, 1.807) is 11.8 Å². The average molecular weight is 524 g/mol. The molecule has 6 rings (SSSR count). The van der Waals surface area contributed by atoms with Crippen LogP contribution in [0.25, 0.3) is 11.1 Å². The normalized spacial score (nSPS) is 24.6. The number of fused-ring (bicyclic) bond motifs is 5. The summed E-state index contributed by atoms with van der Waals surface area (Å²) in [6.45, 7) is 2.21. The summed E-state index contributed by atoms with van der Waals surface area (Å²) in [4.78, 5) is 15.1. The summed E-state index contributed by atoms with van der Waals surface area (Å²) in [5.74, 6) is -0.0704. The number of carbonyl (C=O) groups excluding carboxylic acids is 1. The average Bonchev–Trinajstić information content (AvgIpc) is 3.20. The Morgan fingerprint density at radius 1 is 1.00 bits per heavy atom. The summed E-state index contributed by atoms with van der Waals surface area (Å²) >= 11 is 0. The van der Waals surface area contributed by atoms with Gasteiger partial charge in [0.05, 0.1) is 36.5 Å². The molecule has 0 aromatic heterocycles. The van der Waals surface area contributed by atoms with E-state index in [9.17, 15) is 23.1 Å². The monoisotopic (exact) mass is 523 g/mol. The number of alkyl halides is 3. The Balaban J connectivity index is 1.20. The zero-order valence-corrected chi connectivity index (χ0v) is 20.9. The summed E-state index contributed by atoms with van der Waals surface area (Å²) in [6.07, 6.45) is -4.61. The van der Waals surface area contributed by atoms with Crippen molar-refractivity contribution in [2.45, 2.75) is 49.5 Å². The molecule has 2 atom stereocenters. The molecule has 0 saturated carbocycles. The van der Waals surface area contributed by atoms with Crippen molar-refractivity contribution >= 4 is 6.09 Å². The lowest BCUT2D eigenvalue weighted by molar-refractivity contribution is -0.139. The SMILES string of the molecule is Cc1cc(C(F)(F)F)ccc1C1(O)CC2COCC(C1)N2C(=O)OCC1c2ccccc2-c2ccccc21. The summed E-state index contributed by atoms with van der Waals surface area (Å²) in [7, 11) is 0. The van der Waals surface area contributed by atoms with Crippen LogP contribution in [0.15, 0.2) is 66.7 Å². The summed E-state index contributed by atoms with van der Waals surface area (Å²) in [5, 5.41) is 11.6. The number of aryl methyl sites for hydroxylation is 1. The van der Waals surface area contributed by atoms with E-state index in [4.69, 9.17) is 9.47 Å². The molecule has 0 radical (unpaired) electrons. The Labute approximate surface area is 218 Å². The minimum absolute atomic E-state index is 0.0704. The van der Waals surface area contributed by atoms with E-state index in [0.717, 1.165) is 34.4 Å². The van der Waals surface area contributed by atoms with Crippen molar-refractivity contribution in [3.63, 3.8) is 0 Å². The molecule has 2 bridgehead atoms. The van der Waals surface area contributed by atoms with Crippen molar-refractivity contribution in [3.8, 4) is 11.1 Å². The first-order valence-electron chi connectivity index (χ1n) is 12.8. The van der Waals surface area contributed by atoms with Gasteiger partial charge in [-0.05, 0) is 52.4 Å². The van der Waals surface area contributed by atoms with Crippen molar-refractivity contribution < 1.29 is 32.5 Å². The molecule has 1 aliphatic carbocycles. The van der Waals surface area contributed by atoms with Gasteiger partial charge in [-0.25, -0.2) is 4.79 Å². The van der Waals surface area contributed by atoms with E-state index >= 15 is 0 Å². The first-order chi connectivity index (χ1) is 18.2. The minimum atomic E-state index is -4.45. The molecule has 198 valence electrons. The van der Waals surface area contributed by atoms with Crippen LogP contribution in [0, 0.1) is 6.92 Å². The second-order valence-electron chi connectivity index (χ2n) is 10.5. The lowest BCUT2D eigenvalue weighted by Gasteiger charge is -2.51. The highest BCUT2D eigenvalue weighted by atomic mass is 19.4. The molecular formula is C30H28F3NO4. The second-order valence-corrected chi connectivity index (χ2v) is 10.5. The fourth-order valence-electron chi connectivity index (χ4n) is 6.53. The molecule has 38 heavy (non-hydrogen) atoms. The smallest absolute Gasteiger partial charge is 0.416 e. The van der Waals surface area contributed by atoms with Crippen LogP contribution in [-0.4, -0.2) is 48.0 Å². The van der Waals surface area contributed by atoms with Crippen LogP contribution in [0.4, 0.5) is 18.0 Å². The molecular weight excluding hydrogens is 495 g/mol. The molecule has 3 aromatic carbocycles. The maximum Gasteiger partial charge on any atom is 0.416 e. The van der Waals surface area contributed by atoms with Crippen molar-refractivity contribution in [1.29, 1.82) is 0 Å². The molecule has 1 N–H and O–H groups in total. The Morgan fingerprint density at radius 3 is 2.13 bits per heavy atom. The van der Waals surface area contributed by atoms with Gasteiger partial charge in [-0.2, -0.15) is 13.2 Å². The van der Waals surface area contributed by atoms with E-state index in [2.05, 4.69) is 24.3 Å². The van der Waals surface area contributed by atoms with Crippen molar-refractivity contribution in [2.75, 3.05) is 19.8 Å². The number of rotatable bonds is 3. The lowest BCUT2D eigenvalue weighted by atomic mass is 9.75. The van der Waals surface area contributed by atoms with Gasteiger partial charge >= 0.3 is 12.3 Å². The Kier molecular flexibility index (Phi) is 6.00. The number of hydrogen-bond acceptors (Lipinski definition) is 4. The highest BCUT2D eigenvalue weighted by Crippen LogP contribution is 2.46. The number of ether oxygens (including phenoxy) is 2. The van der Waals surface area contributed by atoms with E-state index in [-0.39, 0.29) is 38.6 Å². The predicted octanol–water partition coefficient (Wildman–Crippen LogP) is 6.01. The van der Waals surface area contributed by atoms with E-state index in [0.29, 0.717) is 11.1 Å². The summed E-state index contributed by atoms with van der Waals surface area (Å²) in [6, 6.07) is 18.8. The number of piperidine rings is 1. The third kappa shape index (κ3) is 4.16. The fourth-order valence-corrected chi connectivity index (χ4v) is 6.53. The fraction of sp³-hybridized carbons (Fsp3) is 0.367. The molecule has 2 unspecified atom stereocenters. The summed E-state index contributed by atoms with van der Waals surface area (Å²) < 4.78 is 51.1. The zero-order valence-electron chi connectivity index (χ0n) is 20.9. The Hall–Kier alpha value is -3.36. The number of benzene rings is 3. The molecule has 5 nitrogen and oxygen atoms in total. The lowest BCUT2D eigenvalue weighted by Crippen LogP contribution is -2.62. The molecule has 2 fully saturated rings. The highest BCUT2D eigenvalue weighted by Gasteiger charge is 2.50. The number of amides is 1. The van der Waals surface area contributed by atoms with Gasteiger partial charge in [0.1, 0.15) is 6.61 Å². The number of halogens is 3. The van der Waals surface area contributed by atoms with Crippen LogP contribution in [0.2, 0.25) is 0 Å². The topological polar surface area (TPSA) is 59.0 Å². The van der Waals surface area contributed by atoms with Crippen molar-refractivity contribution in [1.82, 2.24) is 4.90 Å². The van der Waals surface area contributed by atoms with Gasteiger partial charge in [-0.1, -0.05) is 54.6 Å². The Bertz CT molecular complexity index is 1330. The van der Waals surface area contributed by atoms with Crippen LogP contribution < -0.4 is 0 Å². The maximum atomic E-state index is 13.4. The number of nitrogens with zero attached hydrogens (tertiary/aromatic N) is 1. The van der Waals surface area contributed by atoms with E-state index < -0.39 is 35.5 Å². The summed E-state index contributed by atoms with van der Waals surface area (Å²) in [5.41, 5.74) is 3.24. The van der Waals surface area contributed by atoms with Gasteiger partial charge < -0.3 is 14.6 Å². The van der Waals surface area contributed by atoms with E-state index in [1.807, 2.05) is 24.3 Å². The van der Waals surface area contributed by atoms with Crippen molar-refractivity contribution in [2.24, 2.45) is 0 Å². The number of carbonyl (C=O) groups is 1. The molecule has 2 saturated heterocycles. The zero-order chi connectivity index (χ0) is 26.7. The Morgan fingerprint density at radius 2 is 1.58 bits per heavy atom. The standard InChI is InChI=1S/C30H28F3NO4/c1-18-12-19(30(31,32)33)10-11-27(18)29(36)13-20-15-37-16-21(14-29)34(20)28(35)38-17-26-24-8-4-2-6-22(24)23-7-3-5-9-25(23)26/h2-12,20-21,26,36H,13-17H2,1H3. The third-order valence-electron chi connectivity index (χ3n) is 8.16. The van der Waals surface area contributed by atoms with Crippen molar-refractivity contribution in [3.05, 3.63) is 94.5 Å². The molecule has 1 amide bonds. The first kappa shape index (κ1) is 24.9. The third-order valence-corrected chi connectivity index (χ3v) is 8.16. The van der Waals surface area contributed by atoms with Crippen LogP contribution >= 0.6 is 0 Å². The minimum Gasteiger partial charge on any atom is -0.448 e. The van der Waals surface area contributed by atoms with Crippen LogP contribution in [0.1, 0.15) is 46.6 Å². The van der Waals surface area contributed by atoms with Gasteiger partial charge in [0.15, 0.2) is 0 Å². The van der Waals surface area contributed by atoms with Gasteiger partial charge in [0.25, 0.3) is 0 Å². The molecule has 8 heteroatoms.